The minimum absolute atomic E-state index is 0.0201. The highest BCUT2D eigenvalue weighted by molar-refractivity contribution is 5.95. The Morgan fingerprint density at radius 2 is 2.07 bits per heavy atom. The quantitative estimate of drug-likeness (QED) is 0.850. The first-order chi connectivity index (χ1) is 13.1. The summed E-state index contributed by atoms with van der Waals surface area (Å²) in [5.74, 6) is 0.455. The van der Waals surface area contributed by atoms with Crippen LogP contribution >= 0.6 is 0 Å². The Morgan fingerprint density at radius 1 is 1.30 bits per heavy atom. The first-order valence-corrected chi connectivity index (χ1v) is 9.03. The number of para-hydroxylation sites is 2. The second kappa shape index (κ2) is 8.53. The van der Waals surface area contributed by atoms with Crippen molar-refractivity contribution in [2.24, 2.45) is 5.92 Å². The monoisotopic (exact) mass is 368 g/mol. The van der Waals surface area contributed by atoms with E-state index >= 15 is 0 Å². The molecule has 1 aliphatic rings. The van der Waals surface area contributed by atoms with Gasteiger partial charge in [-0.2, -0.15) is 0 Å². The largest absolute Gasteiger partial charge is 0.485 e. The molecule has 1 unspecified atom stereocenters. The van der Waals surface area contributed by atoms with Gasteiger partial charge in [0.15, 0.2) is 0 Å². The van der Waals surface area contributed by atoms with Gasteiger partial charge >= 0.3 is 6.03 Å². The summed E-state index contributed by atoms with van der Waals surface area (Å²) in [6, 6.07) is 12.1. The third-order valence-electron chi connectivity index (χ3n) is 4.38. The summed E-state index contributed by atoms with van der Waals surface area (Å²) >= 11 is 0. The molecule has 1 aromatic carbocycles. The minimum Gasteiger partial charge on any atom is -0.485 e. The maximum absolute atomic E-state index is 12.8. The van der Waals surface area contributed by atoms with Crippen LogP contribution in [-0.4, -0.2) is 41.0 Å². The summed E-state index contributed by atoms with van der Waals surface area (Å²) in [5, 5.41) is 5.70. The van der Waals surface area contributed by atoms with Crippen LogP contribution in [-0.2, 0) is 11.4 Å². The summed E-state index contributed by atoms with van der Waals surface area (Å²) < 4.78 is 5.83. The minimum atomic E-state index is -0.486. The Balaban J connectivity index is 1.71. The van der Waals surface area contributed by atoms with Gasteiger partial charge in [0.1, 0.15) is 18.4 Å². The number of carbonyl (C=O) groups excluding carboxylic acids is 2. The van der Waals surface area contributed by atoms with Gasteiger partial charge in [0.25, 0.3) is 0 Å². The maximum Gasteiger partial charge on any atom is 0.322 e. The van der Waals surface area contributed by atoms with E-state index in [1.54, 1.807) is 23.2 Å². The number of hydrogen-bond acceptors (Lipinski definition) is 4. The predicted octanol–water partition coefficient (Wildman–Crippen LogP) is 2.65. The van der Waals surface area contributed by atoms with Gasteiger partial charge in [-0.15, -0.1) is 0 Å². The normalized spacial score (nSPS) is 16.8. The smallest absolute Gasteiger partial charge is 0.322 e. The molecule has 1 saturated heterocycles. The van der Waals surface area contributed by atoms with E-state index in [0.29, 0.717) is 31.1 Å². The van der Waals surface area contributed by atoms with E-state index in [-0.39, 0.29) is 17.9 Å². The Morgan fingerprint density at radius 3 is 2.81 bits per heavy atom. The lowest BCUT2D eigenvalue weighted by atomic mass is 10.00. The van der Waals surface area contributed by atoms with Gasteiger partial charge in [0.05, 0.1) is 11.4 Å². The number of hydrogen-bond donors (Lipinski definition) is 2. The molecule has 0 aliphatic carbocycles. The summed E-state index contributed by atoms with van der Waals surface area (Å²) in [4.78, 5) is 30.8. The SMILES string of the molecule is CC(C)C1C(=O)NCCN1C(=O)Nc1ccccc1OCc1ccccn1. The third-order valence-corrected chi connectivity index (χ3v) is 4.38. The van der Waals surface area contributed by atoms with E-state index in [2.05, 4.69) is 15.6 Å². The molecule has 2 heterocycles. The van der Waals surface area contributed by atoms with Crippen molar-refractivity contribution in [2.45, 2.75) is 26.5 Å². The molecule has 27 heavy (non-hydrogen) atoms. The zero-order chi connectivity index (χ0) is 19.2. The second-order valence-corrected chi connectivity index (χ2v) is 6.71. The molecule has 3 amide bonds. The van der Waals surface area contributed by atoms with Crippen molar-refractivity contribution in [1.29, 1.82) is 0 Å². The van der Waals surface area contributed by atoms with Crippen LogP contribution in [0.15, 0.2) is 48.7 Å². The van der Waals surface area contributed by atoms with Crippen molar-refractivity contribution in [3.63, 3.8) is 0 Å². The van der Waals surface area contributed by atoms with Gasteiger partial charge in [0, 0.05) is 19.3 Å². The van der Waals surface area contributed by atoms with Crippen LogP contribution in [0.1, 0.15) is 19.5 Å². The Hall–Kier alpha value is -3.09. The lowest BCUT2D eigenvalue weighted by Crippen LogP contribution is -2.60. The molecule has 1 atom stereocenters. The second-order valence-electron chi connectivity index (χ2n) is 6.71. The number of urea groups is 1. The molecule has 1 fully saturated rings. The van der Waals surface area contributed by atoms with Gasteiger partial charge < -0.3 is 20.3 Å². The van der Waals surface area contributed by atoms with E-state index in [9.17, 15) is 9.59 Å². The lowest BCUT2D eigenvalue weighted by Gasteiger charge is -2.37. The number of ether oxygens (including phenoxy) is 1. The number of nitrogens with zero attached hydrogens (tertiary/aromatic N) is 2. The highest BCUT2D eigenvalue weighted by atomic mass is 16.5. The number of pyridine rings is 1. The fraction of sp³-hybridized carbons (Fsp3) is 0.350. The Labute approximate surface area is 158 Å². The third kappa shape index (κ3) is 4.55. The number of carbonyl (C=O) groups is 2. The van der Waals surface area contributed by atoms with E-state index in [4.69, 9.17) is 4.74 Å². The number of anilines is 1. The van der Waals surface area contributed by atoms with E-state index in [1.165, 1.54) is 0 Å². The number of nitrogens with one attached hydrogen (secondary N) is 2. The van der Waals surface area contributed by atoms with Crippen LogP contribution < -0.4 is 15.4 Å². The first-order valence-electron chi connectivity index (χ1n) is 9.03. The van der Waals surface area contributed by atoms with Crippen LogP contribution in [0.3, 0.4) is 0 Å². The fourth-order valence-electron chi connectivity index (χ4n) is 3.09. The fourth-order valence-corrected chi connectivity index (χ4v) is 3.09. The first kappa shape index (κ1) is 18.7. The van der Waals surface area contributed by atoms with Crippen LogP contribution in [0.25, 0.3) is 0 Å². The van der Waals surface area contributed by atoms with Gasteiger partial charge in [-0.25, -0.2) is 4.79 Å². The molecule has 7 nitrogen and oxygen atoms in total. The Bertz CT molecular complexity index is 795. The number of benzene rings is 1. The number of amides is 3. The maximum atomic E-state index is 12.8. The van der Waals surface area contributed by atoms with Gasteiger partial charge in [-0.05, 0) is 30.2 Å². The van der Waals surface area contributed by atoms with Crippen molar-refractivity contribution in [2.75, 3.05) is 18.4 Å². The molecule has 142 valence electrons. The topological polar surface area (TPSA) is 83.6 Å². The molecule has 2 aromatic rings. The van der Waals surface area contributed by atoms with Gasteiger partial charge in [-0.1, -0.05) is 32.0 Å². The van der Waals surface area contributed by atoms with Crippen molar-refractivity contribution in [3.05, 3.63) is 54.4 Å². The van der Waals surface area contributed by atoms with Crippen molar-refractivity contribution in [3.8, 4) is 5.75 Å². The average molecular weight is 368 g/mol. The molecule has 0 radical (unpaired) electrons. The Kier molecular flexibility index (Phi) is 5.90. The summed E-state index contributed by atoms with van der Waals surface area (Å²) in [7, 11) is 0. The lowest BCUT2D eigenvalue weighted by molar-refractivity contribution is -0.129. The number of rotatable bonds is 5. The van der Waals surface area contributed by atoms with Crippen LogP contribution in [0.2, 0.25) is 0 Å². The van der Waals surface area contributed by atoms with Crippen molar-refractivity contribution in [1.82, 2.24) is 15.2 Å². The van der Waals surface area contributed by atoms with Gasteiger partial charge in [0.2, 0.25) is 5.91 Å². The van der Waals surface area contributed by atoms with Crippen LogP contribution in [0.5, 0.6) is 5.75 Å². The predicted molar refractivity (Wildman–Crippen MR) is 102 cm³/mol. The molecule has 0 bridgehead atoms. The molecule has 0 saturated carbocycles. The molecule has 7 heteroatoms. The average Bonchev–Trinajstić information content (AvgIpc) is 2.67. The van der Waals surface area contributed by atoms with Crippen molar-refractivity contribution < 1.29 is 14.3 Å². The van der Waals surface area contributed by atoms with Gasteiger partial charge in [-0.3, -0.25) is 9.78 Å². The molecular weight excluding hydrogens is 344 g/mol. The standard InChI is InChI=1S/C20H24N4O3/c1-14(2)18-19(25)22-11-12-24(18)20(26)23-16-8-3-4-9-17(16)27-13-15-7-5-6-10-21-15/h3-10,14,18H,11-13H2,1-2H3,(H,22,25)(H,23,26). The highest BCUT2D eigenvalue weighted by Gasteiger charge is 2.35. The van der Waals surface area contributed by atoms with Crippen LogP contribution in [0.4, 0.5) is 10.5 Å². The summed E-state index contributed by atoms with van der Waals surface area (Å²) in [6.45, 7) is 5.08. The van der Waals surface area contributed by atoms with Crippen LogP contribution in [0, 0.1) is 5.92 Å². The molecular formula is C20H24N4O3. The number of piperazine rings is 1. The molecule has 2 N–H and O–H groups in total. The zero-order valence-corrected chi connectivity index (χ0v) is 15.5. The summed E-state index contributed by atoms with van der Waals surface area (Å²) in [6.07, 6.45) is 1.71. The van der Waals surface area contributed by atoms with E-state index < -0.39 is 6.04 Å². The zero-order valence-electron chi connectivity index (χ0n) is 15.5. The molecule has 1 aliphatic heterocycles. The van der Waals surface area contributed by atoms with E-state index in [0.717, 1.165) is 5.69 Å². The highest BCUT2D eigenvalue weighted by Crippen LogP contribution is 2.26. The molecule has 1 aromatic heterocycles. The summed E-state index contributed by atoms with van der Waals surface area (Å²) in [5.41, 5.74) is 1.36. The molecule has 3 rings (SSSR count). The van der Waals surface area contributed by atoms with E-state index in [1.807, 2.05) is 44.2 Å². The number of aromatic nitrogens is 1. The van der Waals surface area contributed by atoms with Crippen molar-refractivity contribution >= 4 is 17.6 Å². The molecule has 0 spiro atoms.